The van der Waals surface area contributed by atoms with Crippen molar-refractivity contribution in [2.24, 2.45) is 0 Å². The van der Waals surface area contributed by atoms with Gasteiger partial charge in [-0.3, -0.25) is 9.89 Å². The van der Waals surface area contributed by atoms with Crippen molar-refractivity contribution >= 4 is 5.91 Å². The quantitative estimate of drug-likeness (QED) is 0.639. The lowest BCUT2D eigenvalue weighted by Crippen LogP contribution is -2.38. The first-order valence-electron chi connectivity index (χ1n) is 7.73. The van der Waals surface area contributed by atoms with Crippen molar-refractivity contribution < 1.29 is 19.1 Å². The third-order valence-electron chi connectivity index (χ3n) is 3.91. The predicted molar refractivity (Wildman–Crippen MR) is 91.2 cm³/mol. The van der Waals surface area contributed by atoms with E-state index in [1.807, 2.05) is 12.1 Å². The van der Waals surface area contributed by atoms with E-state index in [4.69, 9.17) is 9.15 Å². The SMILES string of the molecule is COc1ccc(-c2[nH]ncc2C(=O)NC[C@@](C)(O)c2ccco2)cc1. The number of carbonyl (C=O) groups is 1. The van der Waals surface area contributed by atoms with Crippen LogP contribution in [0.1, 0.15) is 23.0 Å². The number of amides is 1. The molecule has 130 valence electrons. The number of aromatic amines is 1. The molecule has 2 heterocycles. The summed E-state index contributed by atoms with van der Waals surface area (Å²) in [5.74, 6) is 0.769. The maximum absolute atomic E-state index is 12.5. The van der Waals surface area contributed by atoms with Crippen LogP contribution < -0.4 is 10.1 Å². The zero-order valence-corrected chi connectivity index (χ0v) is 13.9. The summed E-state index contributed by atoms with van der Waals surface area (Å²) in [6.45, 7) is 1.58. The molecule has 0 radical (unpaired) electrons. The number of hydrogen-bond donors (Lipinski definition) is 3. The van der Waals surface area contributed by atoms with E-state index in [0.717, 1.165) is 11.3 Å². The molecular formula is C18H19N3O4. The number of aromatic nitrogens is 2. The maximum atomic E-state index is 12.5. The lowest BCUT2D eigenvalue weighted by molar-refractivity contribution is 0.0330. The van der Waals surface area contributed by atoms with Crippen LogP contribution in [-0.2, 0) is 5.60 Å². The van der Waals surface area contributed by atoms with Crippen molar-refractivity contribution in [3.8, 4) is 17.0 Å². The van der Waals surface area contributed by atoms with E-state index in [0.29, 0.717) is 17.0 Å². The number of nitrogens with zero attached hydrogens (tertiary/aromatic N) is 1. The van der Waals surface area contributed by atoms with Crippen LogP contribution in [0.4, 0.5) is 0 Å². The Balaban J connectivity index is 1.74. The molecular weight excluding hydrogens is 322 g/mol. The van der Waals surface area contributed by atoms with Gasteiger partial charge in [0, 0.05) is 5.56 Å². The number of benzene rings is 1. The number of hydrogen-bond acceptors (Lipinski definition) is 5. The summed E-state index contributed by atoms with van der Waals surface area (Å²) in [5, 5.41) is 19.9. The van der Waals surface area contributed by atoms with Gasteiger partial charge in [-0.25, -0.2) is 0 Å². The molecule has 3 rings (SSSR count). The Hall–Kier alpha value is -3.06. The second-order valence-electron chi connectivity index (χ2n) is 5.82. The lowest BCUT2D eigenvalue weighted by atomic mass is 10.0. The van der Waals surface area contributed by atoms with Gasteiger partial charge in [-0.15, -0.1) is 0 Å². The Morgan fingerprint density at radius 2 is 2.12 bits per heavy atom. The van der Waals surface area contributed by atoms with Gasteiger partial charge in [0.25, 0.3) is 5.91 Å². The van der Waals surface area contributed by atoms with Crippen molar-refractivity contribution in [3.05, 3.63) is 60.2 Å². The zero-order valence-electron chi connectivity index (χ0n) is 13.9. The Morgan fingerprint density at radius 1 is 1.36 bits per heavy atom. The minimum absolute atomic E-state index is 0.00653. The van der Waals surface area contributed by atoms with Gasteiger partial charge in [0.15, 0.2) is 0 Å². The Labute approximate surface area is 144 Å². The standard InChI is InChI=1S/C18H19N3O4/c1-18(23,15-4-3-9-25-15)11-19-17(22)14-10-20-21-16(14)12-5-7-13(24-2)8-6-12/h3-10,23H,11H2,1-2H3,(H,19,22)(H,20,21)/t18-/m1/s1. The van der Waals surface area contributed by atoms with E-state index in [1.54, 1.807) is 38.3 Å². The van der Waals surface area contributed by atoms with E-state index >= 15 is 0 Å². The Bertz CT molecular complexity index is 836. The fraction of sp³-hybridized carbons (Fsp3) is 0.222. The summed E-state index contributed by atoms with van der Waals surface area (Å²) in [6, 6.07) is 10.6. The molecule has 1 atom stereocenters. The average molecular weight is 341 g/mol. The van der Waals surface area contributed by atoms with Crippen molar-refractivity contribution in [2.75, 3.05) is 13.7 Å². The van der Waals surface area contributed by atoms with Crippen molar-refractivity contribution in [3.63, 3.8) is 0 Å². The molecule has 0 aliphatic heterocycles. The van der Waals surface area contributed by atoms with Crippen LogP contribution in [0.15, 0.2) is 53.3 Å². The van der Waals surface area contributed by atoms with Crippen molar-refractivity contribution in [1.29, 1.82) is 0 Å². The number of rotatable bonds is 6. The number of carbonyl (C=O) groups excluding carboxylic acids is 1. The molecule has 0 spiro atoms. The van der Waals surface area contributed by atoms with Gasteiger partial charge < -0.3 is 19.6 Å². The van der Waals surface area contributed by atoms with Crippen molar-refractivity contribution in [2.45, 2.75) is 12.5 Å². The number of furan rings is 1. The summed E-state index contributed by atoms with van der Waals surface area (Å²) < 4.78 is 10.3. The summed E-state index contributed by atoms with van der Waals surface area (Å²) in [4.78, 5) is 12.5. The third-order valence-corrected chi connectivity index (χ3v) is 3.91. The summed E-state index contributed by atoms with van der Waals surface area (Å²) in [5.41, 5.74) is 0.489. The van der Waals surface area contributed by atoms with Crippen LogP contribution in [0.5, 0.6) is 5.75 Å². The first kappa shape index (κ1) is 16.8. The van der Waals surface area contributed by atoms with Crippen LogP contribution in [0.2, 0.25) is 0 Å². The third kappa shape index (κ3) is 3.56. The number of aliphatic hydroxyl groups is 1. The minimum Gasteiger partial charge on any atom is -0.497 e. The maximum Gasteiger partial charge on any atom is 0.255 e. The number of H-pyrrole nitrogens is 1. The van der Waals surface area contributed by atoms with E-state index in [2.05, 4.69) is 15.5 Å². The summed E-state index contributed by atoms with van der Waals surface area (Å²) in [6.07, 6.45) is 2.93. The second kappa shape index (κ2) is 6.82. The van der Waals surface area contributed by atoms with E-state index in [9.17, 15) is 9.90 Å². The van der Waals surface area contributed by atoms with Gasteiger partial charge in [-0.1, -0.05) is 0 Å². The molecule has 3 N–H and O–H groups in total. The smallest absolute Gasteiger partial charge is 0.255 e. The minimum atomic E-state index is -1.30. The summed E-state index contributed by atoms with van der Waals surface area (Å²) >= 11 is 0. The fourth-order valence-electron chi connectivity index (χ4n) is 2.46. The van der Waals surface area contributed by atoms with Crippen LogP contribution in [0, 0.1) is 0 Å². The molecule has 0 unspecified atom stereocenters. The molecule has 0 aliphatic rings. The highest BCUT2D eigenvalue weighted by Gasteiger charge is 2.27. The Kier molecular flexibility index (Phi) is 4.58. The molecule has 7 heteroatoms. The molecule has 25 heavy (non-hydrogen) atoms. The molecule has 0 bridgehead atoms. The van der Waals surface area contributed by atoms with Gasteiger partial charge in [-0.05, 0) is 43.3 Å². The number of ether oxygens (including phenoxy) is 1. The normalized spacial score (nSPS) is 13.2. The molecule has 0 fully saturated rings. The van der Waals surface area contributed by atoms with Gasteiger partial charge >= 0.3 is 0 Å². The van der Waals surface area contributed by atoms with Gasteiger partial charge in [-0.2, -0.15) is 5.10 Å². The van der Waals surface area contributed by atoms with Gasteiger partial charge in [0.2, 0.25) is 0 Å². The highest BCUT2D eigenvalue weighted by Crippen LogP contribution is 2.24. The highest BCUT2D eigenvalue weighted by atomic mass is 16.5. The molecule has 0 saturated carbocycles. The lowest BCUT2D eigenvalue weighted by Gasteiger charge is -2.21. The first-order chi connectivity index (χ1) is 12.0. The van der Waals surface area contributed by atoms with E-state index < -0.39 is 5.60 Å². The van der Waals surface area contributed by atoms with Crippen LogP contribution in [0.3, 0.4) is 0 Å². The summed E-state index contributed by atoms with van der Waals surface area (Å²) in [7, 11) is 1.59. The molecule has 1 amide bonds. The van der Waals surface area contributed by atoms with E-state index in [-0.39, 0.29) is 12.5 Å². The van der Waals surface area contributed by atoms with Crippen molar-refractivity contribution in [1.82, 2.24) is 15.5 Å². The van der Waals surface area contributed by atoms with Crippen LogP contribution >= 0.6 is 0 Å². The topological polar surface area (TPSA) is 100 Å². The van der Waals surface area contributed by atoms with Crippen LogP contribution in [-0.4, -0.2) is 34.9 Å². The molecule has 0 aliphatic carbocycles. The fourth-order valence-corrected chi connectivity index (χ4v) is 2.46. The molecule has 3 aromatic rings. The molecule has 0 saturated heterocycles. The van der Waals surface area contributed by atoms with Gasteiger partial charge in [0.1, 0.15) is 17.1 Å². The second-order valence-corrected chi connectivity index (χ2v) is 5.82. The number of nitrogens with one attached hydrogen (secondary N) is 2. The highest BCUT2D eigenvalue weighted by molar-refractivity contribution is 5.99. The monoisotopic (exact) mass is 341 g/mol. The first-order valence-corrected chi connectivity index (χ1v) is 7.73. The Morgan fingerprint density at radius 3 is 2.76 bits per heavy atom. The van der Waals surface area contributed by atoms with Crippen LogP contribution in [0.25, 0.3) is 11.3 Å². The molecule has 1 aromatic carbocycles. The van der Waals surface area contributed by atoms with Gasteiger partial charge in [0.05, 0.1) is 37.4 Å². The average Bonchev–Trinajstić information content (AvgIpc) is 3.31. The largest absolute Gasteiger partial charge is 0.497 e. The predicted octanol–water partition coefficient (Wildman–Crippen LogP) is 2.32. The molecule has 7 nitrogen and oxygen atoms in total. The zero-order chi connectivity index (χ0) is 17.9. The van der Waals surface area contributed by atoms with E-state index in [1.165, 1.54) is 12.5 Å². The molecule has 2 aromatic heterocycles. The number of methoxy groups -OCH3 is 1.